The minimum atomic E-state index is -0.509. The Bertz CT molecular complexity index is 922. The Morgan fingerprint density at radius 2 is 2.00 bits per heavy atom. The second kappa shape index (κ2) is 8.17. The van der Waals surface area contributed by atoms with Crippen LogP contribution >= 0.6 is 0 Å². The first-order valence-electron chi connectivity index (χ1n) is 9.62. The van der Waals surface area contributed by atoms with Gasteiger partial charge in [-0.15, -0.1) is 0 Å². The SMILES string of the molecule is CCCNC(=O)C1CN(Cc2ccc(-n3cccn3)cc2)c2ccccc2O1. The van der Waals surface area contributed by atoms with E-state index in [0.717, 1.165) is 23.5 Å². The van der Waals surface area contributed by atoms with Crippen LogP contribution in [0.15, 0.2) is 67.0 Å². The predicted molar refractivity (Wildman–Crippen MR) is 109 cm³/mol. The lowest BCUT2D eigenvalue weighted by Gasteiger charge is -2.35. The van der Waals surface area contributed by atoms with E-state index in [9.17, 15) is 4.79 Å². The molecule has 0 saturated carbocycles. The van der Waals surface area contributed by atoms with Gasteiger partial charge in [-0.25, -0.2) is 4.68 Å². The van der Waals surface area contributed by atoms with Gasteiger partial charge in [-0.1, -0.05) is 31.2 Å². The zero-order chi connectivity index (χ0) is 19.3. The van der Waals surface area contributed by atoms with Crippen molar-refractivity contribution in [2.45, 2.75) is 26.0 Å². The van der Waals surface area contributed by atoms with Crippen LogP contribution in [0.2, 0.25) is 0 Å². The number of carbonyl (C=O) groups is 1. The summed E-state index contributed by atoms with van der Waals surface area (Å²) in [5.41, 5.74) is 3.20. The lowest BCUT2D eigenvalue weighted by atomic mass is 10.1. The van der Waals surface area contributed by atoms with Gasteiger partial charge in [-0.05, 0) is 42.3 Å². The molecule has 0 spiro atoms. The van der Waals surface area contributed by atoms with Gasteiger partial charge in [0.15, 0.2) is 6.10 Å². The lowest BCUT2D eigenvalue weighted by Crippen LogP contribution is -2.48. The first kappa shape index (κ1) is 18.1. The van der Waals surface area contributed by atoms with E-state index in [1.165, 1.54) is 5.56 Å². The van der Waals surface area contributed by atoms with Gasteiger partial charge in [0.1, 0.15) is 5.75 Å². The fourth-order valence-electron chi connectivity index (χ4n) is 3.35. The number of aromatic nitrogens is 2. The van der Waals surface area contributed by atoms with Crippen molar-refractivity contribution in [1.29, 1.82) is 0 Å². The normalized spacial score (nSPS) is 15.6. The van der Waals surface area contributed by atoms with Gasteiger partial charge in [0, 0.05) is 25.5 Å². The largest absolute Gasteiger partial charge is 0.477 e. The zero-order valence-electron chi connectivity index (χ0n) is 15.9. The lowest BCUT2D eigenvalue weighted by molar-refractivity contribution is -0.127. The predicted octanol–water partition coefficient (Wildman–Crippen LogP) is 3.17. The molecule has 1 aromatic heterocycles. The number of benzene rings is 2. The second-order valence-corrected chi connectivity index (χ2v) is 6.86. The molecule has 0 bridgehead atoms. The van der Waals surface area contributed by atoms with Gasteiger partial charge in [0.05, 0.1) is 17.9 Å². The van der Waals surface area contributed by atoms with Gasteiger partial charge in [-0.3, -0.25) is 4.79 Å². The molecule has 3 aromatic rings. The highest BCUT2D eigenvalue weighted by Gasteiger charge is 2.30. The summed E-state index contributed by atoms with van der Waals surface area (Å²) in [5.74, 6) is 0.689. The summed E-state index contributed by atoms with van der Waals surface area (Å²) in [6, 6.07) is 18.1. The molecule has 2 aromatic carbocycles. The molecule has 2 heterocycles. The Morgan fingerprint density at radius 1 is 1.18 bits per heavy atom. The second-order valence-electron chi connectivity index (χ2n) is 6.86. The average Bonchev–Trinajstić information content (AvgIpc) is 3.27. The van der Waals surface area contributed by atoms with Gasteiger partial charge in [0.2, 0.25) is 0 Å². The van der Waals surface area contributed by atoms with Crippen LogP contribution in [0.4, 0.5) is 5.69 Å². The Kier molecular flexibility index (Phi) is 5.28. The van der Waals surface area contributed by atoms with Crippen LogP contribution in [0.25, 0.3) is 5.69 Å². The third-order valence-corrected chi connectivity index (χ3v) is 4.78. The highest BCUT2D eigenvalue weighted by Crippen LogP contribution is 2.34. The van der Waals surface area contributed by atoms with Gasteiger partial charge >= 0.3 is 0 Å². The molecule has 0 aliphatic carbocycles. The standard InChI is InChI=1S/C22H24N4O2/c1-2-12-23-22(27)21-16-25(19-6-3-4-7-20(19)28-21)15-17-8-10-18(11-9-17)26-14-5-13-24-26/h3-11,13-14,21H,2,12,15-16H2,1H3,(H,23,27). The van der Waals surface area contributed by atoms with Crippen LogP contribution < -0.4 is 15.0 Å². The summed E-state index contributed by atoms with van der Waals surface area (Å²) in [4.78, 5) is 14.7. The summed E-state index contributed by atoms with van der Waals surface area (Å²) in [6.45, 7) is 3.93. The minimum Gasteiger partial charge on any atom is -0.477 e. The van der Waals surface area contributed by atoms with Crippen molar-refractivity contribution < 1.29 is 9.53 Å². The molecule has 4 rings (SSSR count). The fourth-order valence-corrected chi connectivity index (χ4v) is 3.35. The van der Waals surface area contributed by atoms with E-state index in [1.54, 1.807) is 6.20 Å². The highest BCUT2D eigenvalue weighted by atomic mass is 16.5. The van der Waals surface area contributed by atoms with E-state index >= 15 is 0 Å². The smallest absolute Gasteiger partial charge is 0.262 e. The summed E-state index contributed by atoms with van der Waals surface area (Å²) < 4.78 is 7.80. The van der Waals surface area contributed by atoms with Crippen molar-refractivity contribution in [3.8, 4) is 11.4 Å². The molecular formula is C22H24N4O2. The maximum absolute atomic E-state index is 12.5. The number of fused-ring (bicyclic) bond motifs is 1. The molecule has 28 heavy (non-hydrogen) atoms. The molecule has 0 fully saturated rings. The monoisotopic (exact) mass is 376 g/mol. The Balaban J connectivity index is 1.53. The van der Waals surface area contributed by atoms with Crippen LogP contribution in [0, 0.1) is 0 Å². The number of rotatable bonds is 6. The molecule has 0 radical (unpaired) electrons. The van der Waals surface area contributed by atoms with E-state index in [4.69, 9.17) is 4.74 Å². The maximum Gasteiger partial charge on any atom is 0.262 e. The number of carbonyl (C=O) groups excluding carboxylic acids is 1. The van der Waals surface area contributed by atoms with Crippen molar-refractivity contribution in [3.05, 3.63) is 72.6 Å². The number of anilines is 1. The van der Waals surface area contributed by atoms with E-state index in [-0.39, 0.29) is 5.91 Å². The van der Waals surface area contributed by atoms with E-state index in [0.29, 0.717) is 19.6 Å². The highest BCUT2D eigenvalue weighted by molar-refractivity contribution is 5.83. The van der Waals surface area contributed by atoms with Crippen LogP contribution in [0.1, 0.15) is 18.9 Å². The average molecular weight is 376 g/mol. The Hall–Kier alpha value is -3.28. The molecule has 1 atom stereocenters. The third-order valence-electron chi connectivity index (χ3n) is 4.78. The quantitative estimate of drug-likeness (QED) is 0.718. The van der Waals surface area contributed by atoms with E-state index in [2.05, 4.69) is 39.6 Å². The molecule has 1 aliphatic rings. The van der Waals surface area contributed by atoms with Gasteiger partial charge < -0.3 is 15.0 Å². The summed E-state index contributed by atoms with van der Waals surface area (Å²) >= 11 is 0. The summed E-state index contributed by atoms with van der Waals surface area (Å²) in [6.07, 6.45) is 4.08. The molecule has 1 aliphatic heterocycles. The van der Waals surface area contributed by atoms with E-state index in [1.807, 2.05) is 48.1 Å². The van der Waals surface area contributed by atoms with Crippen LogP contribution in [-0.4, -0.2) is 34.9 Å². The van der Waals surface area contributed by atoms with Crippen molar-refractivity contribution >= 4 is 11.6 Å². The Labute approximate surface area is 164 Å². The van der Waals surface area contributed by atoms with Crippen molar-refractivity contribution in [1.82, 2.24) is 15.1 Å². The maximum atomic E-state index is 12.5. The van der Waals surface area contributed by atoms with Crippen molar-refractivity contribution in [3.63, 3.8) is 0 Å². The number of hydrogen-bond donors (Lipinski definition) is 1. The molecule has 1 amide bonds. The number of nitrogens with zero attached hydrogens (tertiary/aromatic N) is 3. The van der Waals surface area contributed by atoms with Gasteiger partial charge in [0.25, 0.3) is 5.91 Å². The number of para-hydroxylation sites is 2. The zero-order valence-corrected chi connectivity index (χ0v) is 15.9. The first-order chi connectivity index (χ1) is 13.7. The molecule has 1 N–H and O–H groups in total. The number of hydrogen-bond acceptors (Lipinski definition) is 4. The molecule has 1 unspecified atom stereocenters. The molecule has 144 valence electrons. The molecule has 0 saturated heterocycles. The number of ether oxygens (including phenoxy) is 1. The molecule has 6 heteroatoms. The fraction of sp³-hybridized carbons (Fsp3) is 0.273. The topological polar surface area (TPSA) is 59.4 Å². The van der Waals surface area contributed by atoms with Crippen LogP contribution in [0.3, 0.4) is 0 Å². The first-order valence-corrected chi connectivity index (χ1v) is 9.62. The molecular weight excluding hydrogens is 352 g/mol. The summed E-state index contributed by atoms with van der Waals surface area (Å²) in [5, 5.41) is 7.20. The number of nitrogens with one attached hydrogen (secondary N) is 1. The molecule has 6 nitrogen and oxygen atoms in total. The Morgan fingerprint density at radius 3 is 2.75 bits per heavy atom. The number of amides is 1. The van der Waals surface area contributed by atoms with E-state index < -0.39 is 6.10 Å². The third kappa shape index (κ3) is 3.86. The van der Waals surface area contributed by atoms with Gasteiger partial charge in [-0.2, -0.15) is 5.10 Å². The minimum absolute atomic E-state index is 0.0598. The van der Waals surface area contributed by atoms with Crippen LogP contribution in [0.5, 0.6) is 5.75 Å². The van der Waals surface area contributed by atoms with Crippen molar-refractivity contribution in [2.24, 2.45) is 0 Å². The van der Waals surface area contributed by atoms with Crippen LogP contribution in [-0.2, 0) is 11.3 Å². The van der Waals surface area contributed by atoms with Crippen molar-refractivity contribution in [2.75, 3.05) is 18.0 Å². The summed E-state index contributed by atoms with van der Waals surface area (Å²) in [7, 11) is 0.